The Morgan fingerprint density at radius 1 is 1.47 bits per heavy atom. The maximum atomic E-state index is 12.0. The highest BCUT2D eigenvalue weighted by molar-refractivity contribution is 7.98. The minimum Gasteiger partial charge on any atom is -0.379 e. The molecule has 0 saturated carbocycles. The van der Waals surface area contributed by atoms with Gasteiger partial charge < -0.3 is 10.6 Å². The second-order valence-electron chi connectivity index (χ2n) is 3.74. The molecule has 0 atom stereocenters. The fourth-order valence-corrected chi connectivity index (χ4v) is 1.91. The molecule has 104 valence electrons. The SMILES string of the molecule is CCNc1c(C(=O)NCCSC)cccc1[N+](=O)[O-]. The summed E-state index contributed by atoms with van der Waals surface area (Å²) in [7, 11) is 0. The van der Waals surface area contributed by atoms with Crippen molar-refractivity contribution < 1.29 is 9.72 Å². The van der Waals surface area contributed by atoms with Crippen molar-refractivity contribution in [3.05, 3.63) is 33.9 Å². The second-order valence-corrected chi connectivity index (χ2v) is 4.72. The number of hydrogen-bond donors (Lipinski definition) is 2. The molecule has 0 bridgehead atoms. The number of benzene rings is 1. The van der Waals surface area contributed by atoms with E-state index < -0.39 is 4.92 Å². The topological polar surface area (TPSA) is 84.3 Å². The molecule has 1 aromatic carbocycles. The Kier molecular flexibility index (Phi) is 6.14. The molecule has 0 fully saturated rings. The largest absolute Gasteiger partial charge is 0.379 e. The van der Waals surface area contributed by atoms with E-state index in [0.29, 0.717) is 18.7 Å². The number of carbonyl (C=O) groups is 1. The van der Waals surface area contributed by atoms with Crippen molar-refractivity contribution in [2.45, 2.75) is 6.92 Å². The number of nitrogens with one attached hydrogen (secondary N) is 2. The van der Waals surface area contributed by atoms with Gasteiger partial charge in [-0.2, -0.15) is 11.8 Å². The highest BCUT2D eigenvalue weighted by atomic mass is 32.2. The van der Waals surface area contributed by atoms with Crippen molar-refractivity contribution >= 4 is 29.0 Å². The fourth-order valence-electron chi connectivity index (χ4n) is 1.61. The smallest absolute Gasteiger partial charge is 0.293 e. The van der Waals surface area contributed by atoms with Gasteiger partial charge in [-0.3, -0.25) is 14.9 Å². The maximum absolute atomic E-state index is 12.0. The number of thioether (sulfide) groups is 1. The minimum atomic E-state index is -0.489. The molecule has 0 heterocycles. The molecule has 2 N–H and O–H groups in total. The fraction of sp³-hybridized carbons (Fsp3) is 0.417. The number of amides is 1. The Bertz CT molecular complexity index is 466. The van der Waals surface area contributed by atoms with Crippen molar-refractivity contribution in [3.8, 4) is 0 Å². The van der Waals surface area contributed by atoms with E-state index in [2.05, 4.69) is 10.6 Å². The van der Waals surface area contributed by atoms with Gasteiger partial charge >= 0.3 is 0 Å². The minimum absolute atomic E-state index is 0.0839. The summed E-state index contributed by atoms with van der Waals surface area (Å²) in [4.78, 5) is 22.5. The van der Waals surface area contributed by atoms with Gasteiger partial charge in [0, 0.05) is 24.9 Å². The number of nitro groups is 1. The molecule has 19 heavy (non-hydrogen) atoms. The summed E-state index contributed by atoms with van der Waals surface area (Å²) in [5.74, 6) is 0.505. The Balaban J connectivity index is 3.01. The normalized spacial score (nSPS) is 10.0. The standard InChI is InChI=1S/C12H17N3O3S/c1-3-13-11-9(12(16)14-7-8-19-2)5-4-6-10(11)15(17)18/h4-6,13H,3,7-8H2,1-2H3,(H,14,16). The molecule has 1 amide bonds. The van der Waals surface area contributed by atoms with Gasteiger partial charge in [-0.1, -0.05) is 6.07 Å². The van der Waals surface area contributed by atoms with Crippen LogP contribution in [-0.4, -0.2) is 35.9 Å². The van der Waals surface area contributed by atoms with E-state index in [1.54, 1.807) is 17.8 Å². The van der Waals surface area contributed by atoms with Crippen molar-refractivity contribution in [2.24, 2.45) is 0 Å². The van der Waals surface area contributed by atoms with Gasteiger partial charge in [0.2, 0.25) is 0 Å². The highest BCUT2D eigenvalue weighted by Gasteiger charge is 2.20. The van der Waals surface area contributed by atoms with Crippen LogP contribution in [0.4, 0.5) is 11.4 Å². The molecule has 1 aromatic rings. The average Bonchev–Trinajstić information content (AvgIpc) is 2.39. The number of anilines is 1. The van der Waals surface area contributed by atoms with Gasteiger partial charge in [0.15, 0.2) is 0 Å². The van der Waals surface area contributed by atoms with E-state index in [1.807, 2.05) is 13.2 Å². The summed E-state index contributed by atoms with van der Waals surface area (Å²) in [6.45, 7) is 2.87. The highest BCUT2D eigenvalue weighted by Crippen LogP contribution is 2.28. The third-order valence-electron chi connectivity index (χ3n) is 2.43. The van der Waals surface area contributed by atoms with Crippen molar-refractivity contribution in [3.63, 3.8) is 0 Å². The van der Waals surface area contributed by atoms with Crippen LogP contribution >= 0.6 is 11.8 Å². The van der Waals surface area contributed by atoms with E-state index in [1.165, 1.54) is 12.1 Å². The number of para-hydroxylation sites is 1. The molecule has 0 radical (unpaired) electrons. The summed E-state index contributed by atoms with van der Waals surface area (Å²) in [6, 6.07) is 4.48. The van der Waals surface area contributed by atoms with Gasteiger partial charge in [0.05, 0.1) is 10.5 Å². The van der Waals surface area contributed by atoms with E-state index in [9.17, 15) is 14.9 Å². The summed E-state index contributed by atoms with van der Waals surface area (Å²) >= 11 is 1.62. The van der Waals surface area contributed by atoms with Crippen LogP contribution < -0.4 is 10.6 Å². The van der Waals surface area contributed by atoms with Crippen LogP contribution in [0.1, 0.15) is 17.3 Å². The maximum Gasteiger partial charge on any atom is 0.293 e. The Hall–Kier alpha value is -1.76. The summed E-state index contributed by atoms with van der Waals surface area (Å²) in [5, 5.41) is 16.6. The number of carbonyl (C=O) groups excluding carboxylic acids is 1. The van der Waals surface area contributed by atoms with Gasteiger partial charge in [-0.25, -0.2) is 0 Å². The zero-order chi connectivity index (χ0) is 14.3. The van der Waals surface area contributed by atoms with Crippen molar-refractivity contribution in [1.29, 1.82) is 0 Å². The second kappa shape index (κ2) is 7.63. The van der Waals surface area contributed by atoms with Gasteiger partial charge in [-0.15, -0.1) is 0 Å². The Labute approximate surface area is 116 Å². The molecule has 6 nitrogen and oxygen atoms in total. The van der Waals surface area contributed by atoms with Crippen LogP contribution in [0.25, 0.3) is 0 Å². The molecular weight excluding hydrogens is 266 g/mol. The average molecular weight is 283 g/mol. The lowest BCUT2D eigenvalue weighted by Gasteiger charge is -2.11. The zero-order valence-corrected chi connectivity index (χ0v) is 11.8. The number of rotatable bonds is 7. The molecule has 0 aliphatic heterocycles. The summed E-state index contributed by atoms with van der Waals surface area (Å²) < 4.78 is 0. The predicted molar refractivity (Wildman–Crippen MR) is 78.0 cm³/mol. The van der Waals surface area contributed by atoms with Crippen LogP contribution in [-0.2, 0) is 0 Å². The van der Waals surface area contributed by atoms with Gasteiger partial charge in [-0.05, 0) is 19.2 Å². The molecular formula is C12H17N3O3S. The summed E-state index contributed by atoms with van der Waals surface area (Å²) in [5.41, 5.74) is 0.494. The number of hydrogen-bond acceptors (Lipinski definition) is 5. The van der Waals surface area contributed by atoms with Crippen LogP contribution in [0, 0.1) is 10.1 Å². The van der Waals surface area contributed by atoms with E-state index >= 15 is 0 Å². The third-order valence-corrected chi connectivity index (χ3v) is 3.04. The van der Waals surface area contributed by atoms with Crippen molar-refractivity contribution in [1.82, 2.24) is 5.32 Å². The third kappa shape index (κ3) is 4.13. The quantitative estimate of drug-likeness (QED) is 0.455. The molecule has 0 aliphatic carbocycles. The first-order chi connectivity index (χ1) is 9.11. The molecule has 0 saturated heterocycles. The van der Waals surface area contributed by atoms with E-state index in [-0.39, 0.29) is 17.3 Å². The van der Waals surface area contributed by atoms with Crippen LogP contribution in [0.2, 0.25) is 0 Å². The lowest BCUT2D eigenvalue weighted by molar-refractivity contribution is -0.384. The first kappa shape index (κ1) is 15.3. The lowest BCUT2D eigenvalue weighted by Crippen LogP contribution is -2.26. The van der Waals surface area contributed by atoms with E-state index in [0.717, 1.165) is 5.75 Å². The van der Waals surface area contributed by atoms with Crippen LogP contribution in [0.5, 0.6) is 0 Å². The summed E-state index contributed by atoms with van der Waals surface area (Å²) in [6.07, 6.45) is 1.95. The lowest BCUT2D eigenvalue weighted by atomic mass is 10.1. The molecule has 0 unspecified atom stereocenters. The first-order valence-electron chi connectivity index (χ1n) is 5.90. The molecule has 7 heteroatoms. The Morgan fingerprint density at radius 2 is 2.21 bits per heavy atom. The first-order valence-corrected chi connectivity index (χ1v) is 7.29. The zero-order valence-electron chi connectivity index (χ0n) is 10.9. The van der Waals surface area contributed by atoms with Crippen molar-refractivity contribution in [2.75, 3.05) is 30.4 Å². The molecule has 0 aromatic heterocycles. The molecule has 0 aliphatic rings. The van der Waals surface area contributed by atoms with Crippen LogP contribution in [0.3, 0.4) is 0 Å². The monoisotopic (exact) mass is 283 g/mol. The van der Waals surface area contributed by atoms with E-state index in [4.69, 9.17) is 0 Å². The van der Waals surface area contributed by atoms with Gasteiger partial charge in [0.1, 0.15) is 5.69 Å². The molecule has 1 rings (SSSR count). The Morgan fingerprint density at radius 3 is 2.79 bits per heavy atom. The molecule has 0 spiro atoms. The number of nitro benzene ring substituents is 1. The van der Waals surface area contributed by atoms with Gasteiger partial charge in [0.25, 0.3) is 11.6 Å². The predicted octanol–water partition coefficient (Wildman–Crippen LogP) is 2.12. The van der Waals surface area contributed by atoms with Crippen LogP contribution in [0.15, 0.2) is 18.2 Å². The number of nitrogens with zero attached hydrogens (tertiary/aromatic N) is 1.